The molecule has 3 aromatic carbocycles. The number of imide groups is 1. The van der Waals surface area contributed by atoms with Gasteiger partial charge in [-0.2, -0.15) is 0 Å². The molecule has 4 aliphatic rings. The predicted molar refractivity (Wildman–Crippen MR) is 130 cm³/mol. The first-order chi connectivity index (χ1) is 17.0. The first-order valence-electron chi connectivity index (χ1n) is 11.4. The van der Waals surface area contributed by atoms with Gasteiger partial charge in [0.15, 0.2) is 12.4 Å². The van der Waals surface area contributed by atoms with Crippen LogP contribution in [-0.4, -0.2) is 41.6 Å². The summed E-state index contributed by atoms with van der Waals surface area (Å²) in [6, 6.07) is 22.6. The molecule has 1 aliphatic heterocycles. The molecule has 0 unspecified atom stereocenters. The number of amides is 2. The zero-order valence-corrected chi connectivity index (χ0v) is 20.1. The van der Waals surface area contributed by atoms with Crippen LogP contribution in [0.5, 0.6) is 0 Å². The van der Waals surface area contributed by atoms with Gasteiger partial charge in [0.05, 0.1) is 11.8 Å². The van der Waals surface area contributed by atoms with Crippen LogP contribution in [0.25, 0.3) is 0 Å². The second-order valence-electron chi connectivity index (χ2n) is 9.12. The third-order valence-electron chi connectivity index (χ3n) is 7.36. The molecular formula is C28H20BrNO5. The molecule has 0 N–H and O–H groups in total. The summed E-state index contributed by atoms with van der Waals surface area (Å²) < 4.78 is 5.98. The van der Waals surface area contributed by atoms with E-state index in [1.807, 2.05) is 48.5 Å². The summed E-state index contributed by atoms with van der Waals surface area (Å²) in [7, 11) is 0. The SMILES string of the molecule is O=C(CN1C(=O)[C@@H]2C3c4ccccc4C(c4ccccc43)[C@@H]2C1=O)OCC(=O)c1ccc(Br)cc1. The second kappa shape index (κ2) is 8.27. The molecule has 0 saturated carbocycles. The highest BCUT2D eigenvalue weighted by Crippen LogP contribution is 2.60. The number of carbonyl (C=O) groups is 4. The van der Waals surface area contributed by atoms with Crippen LogP contribution in [0.3, 0.4) is 0 Å². The van der Waals surface area contributed by atoms with Crippen LogP contribution in [0, 0.1) is 11.8 Å². The quantitative estimate of drug-likeness (QED) is 0.282. The van der Waals surface area contributed by atoms with E-state index in [0.717, 1.165) is 31.6 Å². The van der Waals surface area contributed by atoms with Gasteiger partial charge in [-0.15, -0.1) is 0 Å². The number of likely N-dealkylation sites (tertiary alicyclic amines) is 1. The lowest BCUT2D eigenvalue weighted by Gasteiger charge is -2.45. The second-order valence-corrected chi connectivity index (χ2v) is 10.0. The highest BCUT2D eigenvalue weighted by molar-refractivity contribution is 9.10. The molecule has 7 rings (SSSR count). The van der Waals surface area contributed by atoms with Crippen LogP contribution >= 0.6 is 15.9 Å². The van der Waals surface area contributed by atoms with Crippen molar-refractivity contribution in [2.75, 3.05) is 13.2 Å². The molecule has 7 heteroatoms. The first-order valence-corrected chi connectivity index (χ1v) is 12.2. The smallest absolute Gasteiger partial charge is 0.326 e. The van der Waals surface area contributed by atoms with Crippen LogP contribution < -0.4 is 0 Å². The molecule has 3 aromatic rings. The number of Topliss-reactive ketones (excluding diaryl/α,β-unsaturated/α-hetero) is 1. The Morgan fingerprint density at radius 1 is 0.743 bits per heavy atom. The molecule has 6 nitrogen and oxygen atoms in total. The highest BCUT2D eigenvalue weighted by atomic mass is 79.9. The van der Waals surface area contributed by atoms with Crippen molar-refractivity contribution in [1.82, 2.24) is 4.90 Å². The molecule has 2 bridgehead atoms. The van der Waals surface area contributed by atoms with Gasteiger partial charge in [0.2, 0.25) is 11.8 Å². The van der Waals surface area contributed by atoms with Gasteiger partial charge < -0.3 is 4.74 Å². The van der Waals surface area contributed by atoms with E-state index in [-0.39, 0.29) is 29.4 Å². The number of hydrogen-bond acceptors (Lipinski definition) is 5. The molecule has 0 spiro atoms. The number of rotatable bonds is 5. The lowest BCUT2D eigenvalue weighted by Crippen LogP contribution is -2.41. The number of ether oxygens (including phenoxy) is 1. The van der Waals surface area contributed by atoms with Gasteiger partial charge in [-0.3, -0.25) is 24.1 Å². The summed E-state index contributed by atoms with van der Waals surface area (Å²) in [6.45, 7) is -0.948. The zero-order chi connectivity index (χ0) is 24.3. The normalized spacial score (nSPS) is 23.5. The predicted octanol–water partition coefficient (Wildman–Crippen LogP) is 4.07. The average Bonchev–Trinajstić information content (AvgIpc) is 3.13. The van der Waals surface area contributed by atoms with E-state index in [9.17, 15) is 19.2 Å². The van der Waals surface area contributed by atoms with Gasteiger partial charge >= 0.3 is 5.97 Å². The van der Waals surface area contributed by atoms with Crippen molar-refractivity contribution < 1.29 is 23.9 Å². The van der Waals surface area contributed by atoms with E-state index in [0.29, 0.717) is 5.56 Å². The Balaban J connectivity index is 1.23. The Bertz CT molecular complexity index is 1280. The van der Waals surface area contributed by atoms with Gasteiger partial charge in [-0.1, -0.05) is 76.6 Å². The molecule has 174 valence electrons. The largest absolute Gasteiger partial charge is 0.456 e. The van der Waals surface area contributed by atoms with E-state index in [4.69, 9.17) is 4.74 Å². The Labute approximate surface area is 210 Å². The Kier molecular flexibility index (Phi) is 5.18. The van der Waals surface area contributed by atoms with E-state index >= 15 is 0 Å². The maximum atomic E-state index is 13.5. The fraction of sp³-hybridized carbons (Fsp3) is 0.214. The lowest BCUT2D eigenvalue weighted by molar-refractivity contribution is -0.152. The van der Waals surface area contributed by atoms with Gasteiger partial charge in [-0.25, -0.2) is 0 Å². The van der Waals surface area contributed by atoms with Crippen molar-refractivity contribution in [3.05, 3.63) is 105 Å². The maximum absolute atomic E-state index is 13.5. The summed E-state index contributed by atoms with van der Waals surface area (Å²) in [5.74, 6) is -3.39. The highest BCUT2D eigenvalue weighted by Gasteiger charge is 2.61. The fourth-order valence-corrected chi connectivity index (χ4v) is 6.20. The van der Waals surface area contributed by atoms with Crippen LogP contribution in [0.2, 0.25) is 0 Å². The molecule has 0 aromatic heterocycles. The molecule has 1 fully saturated rings. The minimum Gasteiger partial charge on any atom is -0.456 e. The minimum atomic E-state index is -0.779. The first kappa shape index (κ1) is 21.9. The lowest BCUT2D eigenvalue weighted by atomic mass is 9.55. The molecular weight excluding hydrogens is 510 g/mol. The van der Waals surface area contributed by atoms with Crippen molar-refractivity contribution in [2.45, 2.75) is 11.8 Å². The standard InChI is InChI=1S/C28H20BrNO5/c29-16-11-9-15(10-12-16)21(31)14-35-22(32)13-30-27(33)25-23-17-5-1-2-6-18(17)24(26(25)28(30)34)20-8-4-3-7-19(20)23/h1-12,23-26H,13-14H2/t23?,24?,25-,26+. The molecule has 3 aliphatic carbocycles. The van der Waals surface area contributed by atoms with Crippen molar-refractivity contribution in [3.63, 3.8) is 0 Å². The van der Waals surface area contributed by atoms with Gasteiger partial charge in [0.1, 0.15) is 6.54 Å². The van der Waals surface area contributed by atoms with Crippen molar-refractivity contribution in [1.29, 1.82) is 0 Å². The monoisotopic (exact) mass is 529 g/mol. The molecule has 35 heavy (non-hydrogen) atoms. The third-order valence-corrected chi connectivity index (χ3v) is 7.89. The Morgan fingerprint density at radius 2 is 1.20 bits per heavy atom. The number of halogens is 1. The van der Waals surface area contributed by atoms with Gasteiger partial charge in [-0.05, 0) is 34.4 Å². The molecule has 2 amide bonds. The Morgan fingerprint density at radius 3 is 1.66 bits per heavy atom. The van der Waals surface area contributed by atoms with Crippen molar-refractivity contribution >= 4 is 39.5 Å². The molecule has 1 saturated heterocycles. The minimum absolute atomic E-state index is 0.228. The average molecular weight is 530 g/mol. The summed E-state index contributed by atoms with van der Waals surface area (Å²) >= 11 is 3.31. The van der Waals surface area contributed by atoms with Crippen molar-refractivity contribution in [3.8, 4) is 0 Å². The number of benzene rings is 3. The topological polar surface area (TPSA) is 80.8 Å². The van der Waals surface area contributed by atoms with E-state index in [1.54, 1.807) is 24.3 Å². The van der Waals surface area contributed by atoms with E-state index < -0.39 is 31.0 Å². The number of nitrogens with zero attached hydrogens (tertiary/aromatic N) is 1. The summed E-state index contributed by atoms with van der Waals surface area (Å²) in [5, 5.41) is 0. The molecule has 0 radical (unpaired) electrons. The van der Waals surface area contributed by atoms with E-state index in [2.05, 4.69) is 15.9 Å². The van der Waals surface area contributed by atoms with Gasteiger partial charge in [0.25, 0.3) is 0 Å². The van der Waals surface area contributed by atoms with Gasteiger partial charge in [0, 0.05) is 21.9 Å². The van der Waals surface area contributed by atoms with Crippen LogP contribution in [-0.2, 0) is 19.1 Å². The zero-order valence-electron chi connectivity index (χ0n) is 18.5. The molecule has 2 atom stereocenters. The fourth-order valence-electron chi connectivity index (χ4n) is 5.93. The maximum Gasteiger partial charge on any atom is 0.326 e. The third kappa shape index (κ3) is 3.37. The van der Waals surface area contributed by atoms with Crippen LogP contribution in [0.4, 0.5) is 0 Å². The number of esters is 1. The van der Waals surface area contributed by atoms with E-state index in [1.165, 1.54) is 0 Å². The summed E-state index contributed by atoms with van der Waals surface area (Å²) in [4.78, 5) is 53.0. The van der Waals surface area contributed by atoms with Crippen LogP contribution in [0.1, 0.15) is 44.4 Å². The number of ketones is 1. The number of hydrogen-bond donors (Lipinski definition) is 0. The summed E-state index contributed by atoms with van der Waals surface area (Å²) in [5.41, 5.74) is 4.70. The molecule has 1 heterocycles. The summed E-state index contributed by atoms with van der Waals surface area (Å²) in [6.07, 6.45) is 0. The Hall–Kier alpha value is -3.58. The van der Waals surface area contributed by atoms with Crippen LogP contribution in [0.15, 0.2) is 77.3 Å². The van der Waals surface area contributed by atoms with Crippen molar-refractivity contribution in [2.24, 2.45) is 11.8 Å². The number of carbonyl (C=O) groups excluding carboxylic acids is 4.